The third kappa shape index (κ3) is 3.33. The fraction of sp³-hybridized carbons (Fsp3) is 0.200. The molecule has 0 saturated heterocycles. The molecule has 2 aromatic carbocycles. The normalized spacial score (nSPS) is 10.4. The van der Waals surface area contributed by atoms with E-state index < -0.39 is 0 Å². The van der Waals surface area contributed by atoms with E-state index in [1.54, 1.807) is 6.07 Å². The Bertz CT molecular complexity index is 523. The number of hydrogen-bond acceptors (Lipinski definition) is 1. The Morgan fingerprint density at radius 1 is 1.06 bits per heavy atom. The average Bonchev–Trinajstić information content (AvgIpc) is 2.40. The largest absolute Gasteiger partial charge is 0.488 e. The molecule has 18 heavy (non-hydrogen) atoms. The minimum atomic E-state index is -0.297. The molecule has 94 valence electrons. The summed E-state index contributed by atoms with van der Waals surface area (Å²) in [6.07, 6.45) is 1.02. The van der Waals surface area contributed by atoms with Crippen molar-refractivity contribution in [2.75, 3.05) is 0 Å². The molecule has 0 heterocycles. The second kappa shape index (κ2) is 6.01. The third-order valence-corrected chi connectivity index (χ3v) is 3.37. The summed E-state index contributed by atoms with van der Waals surface area (Å²) >= 11 is 3.34. The first-order valence-corrected chi connectivity index (χ1v) is 6.64. The molecule has 3 heteroatoms. The van der Waals surface area contributed by atoms with Crippen molar-refractivity contribution < 1.29 is 9.13 Å². The summed E-state index contributed by atoms with van der Waals surface area (Å²) < 4.78 is 19.4. The highest BCUT2D eigenvalue weighted by Gasteiger charge is 2.03. The van der Waals surface area contributed by atoms with Gasteiger partial charge in [-0.15, -0.1) is 0 Å². The molecule has 0 spiro atoms. The lowest BCUT2D eigenvalue weighted by Gasteiger charge is -2.08. The number of hydrogen-bond donors (Lipinski definition) is 0. The Kier molecular flexibility index (Phi) is 4.37. The van der Waals surface area contributed by atoms with E-state index in [0.717, 1.165) is 16.5 Å². The lowest BCUT2D eigenvalue weighted by atomic mass is 10.1. The molecule has 0 bridgehead atoms. The van der Waals surface area contributed by atoms with Crippen LogP contribution < -0.4 is 4.74 Å². The fourth-order valence-corrected chi connectivity index (χ4v) is 1.98. The van der Waals surface area contributed by atoms with Gasteiger partial charge in [0.05, 0.1) is 4.47 Å². The van der Waals surface area contributed by atoms with Crippen LogP contribution in [0.25, 0.3) is 0 Å². The van der Waals surface area contributed by atoms with Crippen LogP contribution in [0.4, 0.5) is 4.39 Å². The average molecular weight is 309 g/mol. The van der Waals surface area contributed by atoms with Gasteiger partial charge in [-0.2, -0.15) is 0 Å². The SMILES string of the molecule is CCc1ccc(COc2cc(F)ccc2Br)cc1. The van der Waals surface area contributed by atoms with Gasteiger partial charge in [-0.25, -0.2) is 4.39 Å². The van der Waals surface area contributed by atoms with Gasteiger partial charge < -0.3 is 4.74 Å². The standard InChI is InChI=1S/C15H14BrFO/c1-2-11-3-5-12(6-4-11)10-18-15-9-13(17)7-8-14(15)16/h3-9H,2,10H2,1H3. The van der Waals surface area contributed by atoms with Crippen LogP contribution in [0.2, 0.25) is 0 Å². The van der Waals surface area contributed by atoms with E-state index in [1.165, 1.54) is 17.7 Å². The van der Waals surface area contributed by atoms with Crippen LogP contribution in [0.5, 0.6) is 5.75 Å². The molecule has 0 aromatic heterocycles. The van der Waals surface area contributed by atoms with Crippen molar-refractivity contribution in [1.29, 1.82) is 0 Å². The lowest BCUT2D eigenvalue weighted by molar-refractivity contribution is 0.302. The van der Waals surface area contributed by atoms with Gasteiger partial charge in [0, 0.05) is 6.07 Å². The van der Waals surface area contributed by atoms with Crippen molar-refractivity contribution in [3.8, 4) is 5.75 Å². The highest BCUT2D eigenvalue weighted by Crippen LogP contribution is 2.26. The van der Waals surface area contributed by atoms with E-state index in [-0.39, 0.29) is 5.82 Å². The van der Waals surface area contributed by atoms with Crippen LogP contribution in [0.15, 0.2) is 46.9 Å². The summed E-state index contributed by atoms with van der Waals surface area (Å²) in [5.74, 6) is 0.226. The van der Waals surface area contributed by atoms with Crippen LogP contribution >= 0.6 is 15.9 Å². The Morgan fingerprint density at radius 2 is 1.72 bits per heavy atom. The predicted molar refractivity (Wildman–Crippen MR) is 74.3 cm³/mol. The van der Waals surface area contributed by atoms with Gasteiger partial charge in [0.2, 0.25) is 0 Å². The number of ether oxygens (including phenoxy) is 1. The van der Waals surface area contributed by atoms with Crippen molar-refractivity contribution >= 4 is 15.9 Å². The summed E-state index contributed by atoms with van der Waals surface area (Å²) in [4.78, 5) is 0. The first kappa shape index (κ1) is 13.1. The molecule has 0 fully saturated rings. The van der Waals surface area contributed by atoms with Crippen molar-refractivity contribution in [3.63, 3.8) is 0 Å². The summed E-state index contributed by atoms with van der Waals surface area (Å²) in [6.45, 7) is 2.56. The number of rotatable bonds is 4. The first-order valence-electron chi connectivity index (χ1n) is 5.84. The second-order valence-corrected chi connectivity index (χ2v) is 4.89. The van der Waals surface area contributed by atoms with Crippen LogP contribution in [0.3, 0.4) is 0 Å². The molecule has 0 aliphatic heterocycles. The summed E-state index contributed by atoms with van der Waals surface area (Å²) in [5.41, 5.74) is 2.37. The molecule has 0 N–H and O–H groups in total. The van der Waals surface area contributed by atoms with E-state index in [2.05, 4.69) is 35.0 Å². The first-order chi connectivity index (χ1) is 8.69. The Balaban J connectivity index is 2.04. The van der Waals surface area contributed by atoms with Gasteiger partial charge in [0.1, 0.15) is 18.2 Å². The lowest BCUT2D eigenvalue weighted by Crippen LogP contribution is -1.96. The monoisotopic (exact) mass is 308 g/mol. The number of aryl methyl sites for hydroxylation is 1. The van der Waals surface area contributed by atoms with E-state index in [0.29, 0.717) is 12.4 Å². The molecule has 0 radical (unpaired) electrons. The van der Waals surface area contributed by atoms with Gasteiger partial charge >= 0.3 is 0 Å². The summed E-state index contributed by atoms with van der Waals surface area (Å²) in [6, 6.07) is 12.7. The van der Waals surface area contributed by atoms with Crippen molar-refractivity contribution in [1.82, 2.24) is 0 Å². The molecule has 2 aromatic rings. The van der Waals surface area contributed by atoms with Crippen molar-refractivity contribution in [2.45, 2.75) is 20.0 Å². The second-order valence-electron chi connectivity index (χ2n) is 4.03. The third-order valence-electron chi connectivity index (χ3n) is 2.72. The smallest absolute Gasteiger partial charge is 0.136 e. The van der Waals surface area contributed by atoms with Crippen LogP contribution in [-0.2, 0) is 13.0 Å². The maximum Gasteiger partial charge on any atom is 0.136 e. The van der Waals surface area contributed by atoms with Crippen LogP contribution in [0, 0.1) is 5.82 Å². The summed E-state index contributed by atoms with van der Waals surface area (Å²) in [5, 5.41) is 0. The van der Waals surface area contributed by atoms with Crippen LogP contribution in [-0.4, -0.2) is 0 Å². The minimum absolute atomic E-state index is 0.297. The molecule has 2 rings (SSSR count). The zero-order chi connectivity index (χ0) is 13.0. The number of benzene rings is 2. The molecule has 0 unspecified atom stereocenters. The van der Waals surface area contributed by atoms with Gasteiger partial charge in [-0.3, -0.25) is 0 Å². The predicted octanol–water partition coefficient (Wildman–Crippen LogP) is 4.73. The molecule has 0 atom stereocenters. The molecule has 0 saturated carbocycles. The van der Waals surface area contributed by atoms with Gasteiger partial charge in [0.15, 0.2) is 0 Å². The van der Waals surface area contributed by atoms with E-state index >= 15 is 0 Å². The quantitative estimate of drug-likeness (QED) is 0.793. The van der Waals surface area contributed by atoms with Crippen LogP contribution in [0.1, 0.15) is 18.1 Å². The van der Waals surface area contributed by atoms with E-state index in [4.69, 9.17) is 4.74 Å². The number of halogens is 2. The maximum atomic E-state index is 13.1. The molecular formula is C15H14BrFO. The van der Waals surface area contributed by atoms with Gasteiger partial charge in [-0.05, 0) is 45.6 Å². The molecule has 0 aliphatic rings. The van der Waals surface area contributed by atoms with E-state index in [1.807, 2.05) is 12.1 Å². The topological polar surface area (TPSA) is 9.23 Å². The van der Waals surface area contributed by atoms with E-state index in [9.17, 15) is 4.39 Å². The van der Waals surface area contributed by atoms with Crippen molar-refractivity contribution in [3.05, 3.63) is 63.9 Å². The molecule has 1 nitrogen and oxygen atoms in total. The van der Waals surface area contributed by atoms with Crippen molar-refractivity contribution in [2.24, 2.45) is 0 Å². The molecule has 0 aliphatic carbocycles. The highest BCUT2D eigenvalue weighted by atomic mass is 79.9. The highest BCUT2D eigenvalue weighted by molar-refractivity contribution is 9.10. The Labute approximate surface area is 115 Å². The molecule has 0 amide bonds. The van der Waals surface area contributed by atoms with Gasteiger partial charge in [-0.1, -0.05) is 31.2 Å². The minimum Gasteiger partial charge on any atom is -0.488 e. The maximum absolute atomic E-state index is 13.1. The molecular weight excluding hydrogens is 295 g/mol. The fourth-order valence-electron chi connectivity index (χ4n) is 1.62. The van der Waals surface area contributed by atoms with Gasteiger partial charge in [0.25, 0.3) is 0 Å². The zero-order valence-electron chi connectivity index (χ0n) is 10.1. The Hall–Kier alpha value is -1.35. The zero-order valence-corrected chi connectivity index (χ0v) is 11.7. The Morgan fingerprint density at radius 3 is 2.39 bits per heavy atom. The summed E-state index contributed by atoms with van der Waals surface area (Å²) in [7, 11) is 0.